The molecule has 0 radical (unpaired) electrons. The fraction of sp³-hybridized carbons (Fsp3) is 0.500. The minimum atomic E-state index is -0.837. The summed E-state index contributed by atoms with van der Waals surface area (Å²) in [7, 11) is 0. The van der Waals surface area contributed by atoms with Crippen LogP contribution >= 0.6 is 11.8 Å². The summed E-state index contributed by atoms with van der Waals surface area (Å²) in [6.07, 6.45) is 1.14. The van der Waals surface area contributed by atoms with E-state index < -0.39 is 18.0 Å². The summed E-state index contributed by atoms with van der Waals surface area (Å²) in [5.74, 6) is -0.948. The molecule has 1 aliphatic heterocycles. The summed E-state index contributed by atoms with van der Waals surface area (Å²) < 4.78 is 25.8. The molecule has 1 fully saturated rings. The van der Waals surface area contributed by atoms with Crippen LogP contribution in [0.25, 0.3) is 0 Å². The Morgan fingerprint density at radius 2 is 2.09 bits per heavy atom. The van der Waals surface area contributed by atoms with Gasteiger partial charge in [-0.05, 0) is 62.8 Å². The van der Waals surface area contributed by atoms with Crippen LogP contribution in [-0.4, -0.2) is 53.3 Å². The van der Waals surface area contributed by atoms with Crippen LogP contribution in [-0.2, 0) is 16.0 Å². The zero-order valence-corrected chi connectivity index (χ0v) is 20.7. The molecule has 0 saturated heterocycles. The average Bonchev–Trinajstić information content (AvgIpc) is 3.37. The largest absolute Gasteiger partial charge is 0.489 e. The third kappa shape index (κ3) is 5.25. The van der Waals surface area contributed by atoms with E-state index in [-0.39, 0.29) is 36.1 Å². The number of carboxylic acids is 1. The Hall–Kier alpha value is -2.13. The van der Waals surface area contributed by atoms with Crippen molar-refractivity contribution >= 4 is 17.7 Å². The van der Waals surface area contributed by atoms with E-state index in [2.05, 4.69) is 5.32 Å². The molecule has 184 valence electrons. The van der Waals surface area contributed by atoms with E-state index in [1.54, 1.807) is 12.1 Å². The lowest BCUT2D eigenvalue weighted by molar-refractivity contribution is -0.139. The van der Waals surface area contributed by atoms with Crippen molar-refractivity contribution in [1.82, 2.24) is 5.32 Å². The number of hydrogen-bond donors (Lipinski definition) is 3. The van der Waals surface area contributed by atoms with Crippen molar-refractivity contribution in [2.75, 3.05) is 19.4 Å². The quantitative estimate of drug-likeness (QED) is 0.409. The van der Waals surface area contributed by atoms with Gasteiger partial charge in [0.15, 0.2) is 0 Å². The fourth-order valence-electron chi connectivity index (χ4n) is 4.78. The van der Waals surface area contributed by atoms with Crippen molar-refractivity contribution in [1.29, 1.82) is 0 Å². The van der Waals surface area contributed by atoms with E-state index in [1.807, 2.05) is 51.3 Å². The van der Waals surface area contributed by atoms with E-state index in [0.29, 0.717) is 17.9 Å². The summed E-state index contributed by atoms with van der Waals surface area (Å²) in [6.45, 7) is 6.39. The van der Waals surface area contributed by atoms with Crippen LogP contribution < -0.4 is 10.1 Å². The molecule has 0 amide bonds. The fourth-order valence-corrected chi connectivity index (χ4v) is 5.24. The molecule has 0 unspecified atom stereocenters. The van der Waals surface area contributed by atoms with Gasteiger partial charge in [0.2, 0.25) is 0 Å². The van der Waals surface area contributed by atoms with Gasteiger partial charge in [0.1, 0.15) is 23.6 Å². The van der Waals surface area contributed by atoms with Gasteiger partial charge in [-0.3, -0.25) is 4.79 Å². The molecule has 6 nitrogen and oxygen atoms in total. The van der Waals surface area contributed by atoms with Crippen molar-refractivity contribution < 1.29 is 28.9 Å². The number of rotatable bonds is 11. The van der Waals surface area contributed by atoms with Gasteiger partial charge in [0.25, 0.3) is 0 Å². The SMILES string of the molecule is CSc1ccc(CC(C)(C)NC[C@@H](O)CO[C@H](C)c2cccc3c2[C@@H]2[C@H](O3)[C@H]2C(=O)O)cc1F. The molecule has 1 aliphatic carbocycles. The Bertz CT molecular complexity index is 1060. The van der Waals surface area contributed by atoms with Gasteiger partial charge in [-0.2, -0.15) is 0 Å². The van der Waals surface area contributed by atoms with Gasteiger partial charge in [-0.25, -0.2) is 4.39 Å². The van der Waals surface area contributed by atoms with Crippen LogP contribution in [0.5, 0.6) is 5.75 Å². The van der Waals surface area contributed by atoms with Crippen LogP contribution in [0.1, 0.15) is 49.5 Å². The van der Waals surface area contributed by atoms with Crippen molar-refractivity contribution in [3.05, 3.63) is 58.9 Å². The Labute approximate surface area is 203 Å². The van der Waals surface area contributed by atoms with Crippen LogP contribution in [0, 0.1) is 11.7 Å². The van der Waals surface area contributed by atoms with Gasteiger partial charge < -0.3 is 25.0 Å². The topological polar surface area (TPSA) is 88.0 Å². The molecule has 1 heterocycles. The number of fused-ring (bicyclic) bond motifs is 3. The average molecular weight is 490 g/mol. The highest BCUT2D eigenvalue weighted by atomic mass is 32.2. The van der Waals surface area contributed by atoms with Crippen molar-refractivity contribution in [3.8, 4) is 5.75 Å². The van der Waals surface area contributed by atoms with Crippen molar-refractivity contribution in [2.45, 2.75) is 61.9 Å². The summed E-state index contributed by atoms with van der Waals surface area (Å²) >= 11 is 1.38. The van der Waals surface area contributed by atoms with Crippen LogP contribution in [0.3, 0.4) is 0 Å². The summed E-state index contributed by atoms with van der Waals surface area (Å²) in [5.41, 5.74) is 2.38. The molecule has 2 aliphatic rings. The normalized spacial score (nSPS) is 22.5. The Balaban J connectivity index is 1.29. The number of carbonyl (C=O) groups is 1. The minimum Gasteiger partial charge on any atom is -0.489 e. The number of thioether (sulfide) groups is 1. The number of aliphatic hydroxyl groups excluding tert-OH is 1. The highest BCUT2D eigenvalue weighted by molar-refractivity contribution is 7.98. The number of hydrogen-bond acceptors (Lipinski definition) is 6. The maximum absolute atomic E-state index is 14.1. The Kier molecular flexibility index (Phi) is 7.24. The van der Waals surface area contributed by atoms with Crippen molar-refractivity contribution in [2.24, 2.45) is 5.92 Å². The Morgan fingerprint density at radius 1 is 1.32 bits per heavy atom. The van der Waals surface area contributed by atoms with Crippen LogP contribution in [0.2, 0.25) is 0 Å². The van der Waals surface area contributed by atoms with E-state index in [9.17, 15) is 19.4 Å². The molecule has 1 saturated carbocycles. The molecule has 0 aromatic heterocycles. The third-order valence-corrected chi connectivity index (χ3v) is 7.36. The highest BCUT2D eigenvalue weighted by Crippen LogP contribution is 2.60. The number of halogens is 1. The van der Waals surface area contributed by atoms with Gasteiger partial charge in [0, 0.05) is 28.5 Å². The predicted molar refractivity (Wildman–Crippen MR) is 129 cm³/mol. The standard InChI is InChI=1S/C26H32FNO5S/c1-14(17-6-5-7-19-21(17)22-23(25(30)31)24(22)33-19)32-13-16(29)12-28-26(2,3)11-15-8-9-20(34-4)18(27)10-15/h5-10,14,16,22-24,28-29H,11-13H2,1-4H3,(H,30,31)/t14-,16-,22+,23+,24+/m1/s1. The van der Waals surface area contributed by atoms with E-state index in [1.165, 1.54) is 11.8 Å². The second-order valence-electron chi connectivity index (χ2n) is 9.77. The molecule has 0 bridgehead atoms. The van der Waals surface area contributed by atoms with Crippen LogP contribution in [0.4, 0.5) is 4.39 Å². The van der Waals surface area contributed by atoms with Crippen LogP contribution in [0.15, 0.2) is 41.3 Å². The molecule has 4 rings (SSSR count). The lowest BCUT2D eigenvalue weighted by Gasteiger charge is -2.28. The zero-order valence-electron chi connectivity index (χ0n) is 19.9. The molecule has 8 heteroatoms. The van der Waals surface area contributed by atoms with Gasteiger partial charge in [-0.15, -0.1) is 11.8 Å². The lowest BCUT2D eigenvalue weighted by Crippen LogP contribution is -2.46. The minimum absolute atomic E-state index is 0.127. The molecule has 3 N–H and O–H groups in total. The number of aliphatic hydroxyl groups is 1. The predicted octanol–water partition coefficient (Wildman–Crippen LogP) is 4.16. The first-order valence-corrected chi connectivity index (χ1v) is 12.7. The molecule has 2 aromatic carbocycles. The second-order valence-corrected chi connectivity index (χ2v) is 10.6. The maximum atomic E-state index is 14.1. The summed E-state index contributed by atoms with van der Waals surface area (Å²) in [4.78, 5) is 12.1. The molecular weight excluding hydrogens is 457 g/mol. The summed E-state index contributed by atoms with van der Waals surface area (Å²) in [5, 5.41) is 23.2. The number of nitrogens with one attached hydrogen (secondary N) is 1. The molecular formula is C26H32FNO5S. The maximum Gasteiger partial charge on any atom is 0.311 e. The monoisotopic (exact) mass is 489 g/mol. The summed E-state index contributed by atoms with van der Waals surface area (Å²) in [6, 6.07) is 11.0. The van der Waals surface area contributed by atoms with E-state index >= 15 is 0 Å². The first-order valence-electron chi connectivity index (χ1n) is 11.5. The lowest BCUT2D eigenvalue weighted by atomic mass is 9.94. The number of aliphatic carboxylic acids is 1. The highest BCUT2D eigenvalue weighted by Gasteiger charge is 2.63. The van der Waals surface area contributed by atoms with Gasteiger partial charge >= 0.3 is 5.97 Å². The third-order valence-electron chi connectivity index (χ3n) is 6.59. The number of benzene rings is 2. The first-order chi connectivity index (χ1) is 16.1. The Morgan fingerprint density at radius 3 is 2.76 bits per heavy atom. The number of ether oxygens (including phenoxy) is 2. The molecule has 34 heavy (non-hydrogen) atoms. The zero-order chi connectivity index (χ0) is 24.6. The van der Waals surface area contributed by atoms with E-state index in [4.69, 9.17) is 9.47 Å². The van der Waals surface area contributed by atoms with Gasteiger partial charge in [-0.1, -0.05) is 18.2 Å². The number of β-amino-alcohol motifs (C(OH)–C–C–N with tert-alkyl or cyclic N) is 1. The molecule has 0 spiro atoms. The number of carboxylic acid groups (broad SMARTS) is 1. The molecule has 5 atom stereocenters. The first kappa shape index (κ1) is 25.0. The molecule has 2 aromatic rings. The second kappa shape index (κ2) is 9.85. The van der Waals surface area contributed by atoms with E-state index in [0.717, 1.165) is 22.4 Å². The smallest absolute Gasteiger partial charge is 0.311 e. The van der Waals surface area contributed by atoms with Gasteiger partial charge in [0.05, 0.1) is 18.8 Å². The van der Waals surface area contributed by atoms with Crippen molar-refractivity contribution in [3.63, 3.8) is 0 Å².